The first kappa shape index (κ1) is 16.5. The summed E-state index contributed by atoms with van der Waals surface area (Å²) in [4.78, 5) is 14.8. The van der Waals surface area contributed by atoms with Crippen molar-refractivity contribution in [3.63, 3.8) is 0 Å². The maximum atomic E-state index is 12.7. The molecule has 1 fully saturated rings. The quantitative estimate of drug-likeness (QED) is 0.909. The third kappa shape index (κ3) is 2.88. The molecule has 1 aromatic carbocycles. The number of aliphatic carboxylic acids is 1. The van der Waals surface area contributed by atoms with Crippen LogP contribution in [0.4, 0.5) is 13.2 Å². The van der Waals surface area contributed by atoms with Crippen molar-refractivity contribution in [1.82, 2.24) is 14.8 Å². The zero-order valence-electron chi connectivity index (χ0n) is 12.9. The van der Waals surface area contributed by atoms with Crippen LogP contribution in [-0.4, -0.2) is 25.8 Å². The predicted octanol–water partition coefficient (Wildman–Crippen LogP) is 3.04. The van der Waals surface area contributed by atoms with Gasteiger partial charge in [0, 0.05) is 12.0 Å². The van der Waals surface area contributed by atoms with E-state index in [1.165, 1.54) is 11.6 Å². The Morgan fingerprint density at radius 2 is 2.04 bits per heavy atom. The highest BCUT2D eigenvalue weighted by Crippen LogP contribution is 2.57. The molecule has 0 spiro atoms. The molecule has 1 aliphatic carbocycles. The average molecular weight is 339 g/mol. The molecular formula is C16H16F3N3O2. The summed E-state index contributed by atoms with van der Waals surface area (Å²) >= 11 is 0. The van der Waals surface area contributed by atoms with Crippen LogP contribution in [0.25, 0.3) is 0 Å². The zero-order chi connectivity index (χ0) is 17.5. The van der Waals surface area contributed by atoms with Crippen LogP contribution in [-0.2, 0) is 22.9 Å². The van der Waals surface area contributed by atoms with Crippen molar-refractivity contribution in [3.8, 4) is 0 Å². The highest BCUT2D eigenvalue weighted by molar-refractivity contribution is 5.77. The fourth-order valence-electron chi connectivity index (χ4n) is 3.20. The molecule has 8 heteroatoms. The third-order valence-corrected chi connectivity index (χ3v) is 4.60. The van der Waals surface area contributed by atoms with Crippen LogP contribution >= 0.6 is 0 Å². The highest BCUT2D eigenvalue weighted by atomic mass is 19.4. The number of benzene rings is 1. The van der Waals surface area contributed by atoms with Crippen molar-refractivity contribution in [2.45, 2.75) is 37.9 Å². The first-order chi connectivity index (χ1) is 11.2. The number of carboxylic acid groups (broad SMARTS) is 1. The molecule has 0 radical (unpaired) electrons. The van der Waals surface area contributed by atoms with Crippen LogP contribution in [0.1, 0.15) is 30.1 Å². The van der Waals surface area contributed by atoms with Crippen molar-refractivity contribution in [2.24, 2.45) is 5.92 Å². The predicted molar refractivity (Wildman–Crippen MR) is 78.2 cm³/mol. The van der Waals surface area contributed by atoms with E-state index >= 15 is 0 Å². The monoisotopic (exact) mass is 339 g/mol. The van der Waals surface area contributed by atoms with Crippen LogP contribution in [0, 0.1) is 12.8 Å². The summed E-state index contributed by atoms with van der Waals surface area (Å²) in [7, 11) is 0. The molecule has 1 aromatic heterocycles. The zero-order valence-corrected chi connectivity index (χ0v) is 12.9. The molecular weight excluding hydrogens is 323 g/mol. The van der Waals surface area contributed by atoms with Gasteiger partial charge in [-0.25, -0.2) is 9.67 Å². The van der Waals surface area contributed by atoms with E-state index in [9.17, 15) is 23.1 Å². The van der Waals surface area contributed by atoms with Crippen molar-refractivity contribution in [3.05, 3.63) is 47.5 Å². The normalized spacial score (nSPS) is 23.2. The maximum absolute atomic E-state index is 12.7. The summed E-state index contributed by atoms with van der Waals surface area (Å²) in [5.74, 6) is -2.41. The molecule has 2 aromatic rings. The number of carboxylic acids is 1. The summed E-state index contributed by atoms with van der Waals surface area (Å²) in [6, 6.07) is 9.22. The maximum Gasteiger partial charge on any atom is 0.453 e. The molecule has 0 aliphatic heterocycles. The lowest BCUT2D eigenvalue weighted by molar-refractivity contribution is -0.145. The van der Waals surface area contributed by atoms with Gasteiger partial charge in [-0.2, -0.15) is 13.2 Å². The molecule has 1 aliphatic rings. The number of rotatable bonds is 5. The molecule has 0 bridgehead atoms. The molecule has 2 atom stereocenters. The minimum Gasteiger partial charge on any atom is -0.481 e. The van der Waals surface area contributed by atoms with Gasteiger partial charge in [0.1, 0.15) is 5.82 Å². The summed E-state index contributed by atoms with van der Waals surface area (Å²) in [5.41, 5.74) is 0.343. The van der Waals surface area contributed by atoms with E-state index in [2.05, 4.69) is 10.1 Å². The van der Waals surface area contributed by atoms with Gasteiger partial charge < -0.3 is 5.11 Å². The van der Waals surface area contributed by atoms with Gasteiger partial charge in [-0.05, 0) is 25.3 Å². The second-order valence-corrected chi connectivity index (χ2v) is 6.07. The fraction of sp³-hybridized carbons (Fsp3) is 0.438. The van der Waals surface area contributed by atoms with Crippen LogP contribution in [0.2, 0.25) is 0 Å². The Labute approximate surface area is 136 Å². The highest BCUT2D eigenvalue weighted by Gasteiger charge is 2.59. The molecule has 5 nitrogen and oxygen atoms in total. The Balaban J connectivity index is 1.82. The van der Waals surface area contributed by atoms with E-state index in [1.54, 1.807) is 0 Å². The molecule has 24 heavy (non-hydrogen) atoms. The number of carbonyl (C=O) groups is 1. The number of aryl methyl sites for hydroxylation is 2. The van der Waals surface area contributed by atoms with Crippen molar-refractivity contribution >= 4 is 5.97 Å². The Bertz CT molecular complexity index is 758. The summed E-state index contributed by atoms with van der Waals surface area (Å²) in [6.45, 7) is 1.65. The number of halogens is 3. The lowest BCUT2D eigenvalue weighted by Gasteiger charge is -2.17. The molecule has 0 amide bonds. The topological polar surface area (TPSA) is 68.0 Å². The molecule has 0 unspecified atom stereocenters. The minimum atomic E-state index is -4.59. The van der Waals surface area contributed by atoms with Crippen molar-refractivity contribution in [2.75, 3.05) is 0 Å². The first-order valence-electron chi connectivity index (χ1n) is 7.51. The van der Waals surface area contributed by atoms with Gasteiger partial charge in [-0.1, -0.05) is 30.3 Å². The van der Waals surface area contributed by atoms with Gasteiger partial charge >= 0.3 is 12.1 Å². The second-order valence-electron chi connectivity index (χ2n) is 6.07. The summed E-state index contributed by atoms with van der Waals surface area (Å²) in [5, 5.41) is 12.8. The Kier molecular flexibility index (Phi) is 3.85. The van der Waals surface area contributed by atoms with Crippen molar-refractivity contribution < 1.29 is 23.1 Å². The molecule has 3 rings (SSSR count). The van der Waals surface area contributed by atoms with E-state index < -0.39 is 29.3 Å². The lowest BCUT2D eigenvalue weighted by Crippen LogP contribution is -2.19. The molecule has 1 heterocycles. The number of aromatic nitrogens is 3. The van der Waals surface area contributed by atoms with Gasteiger partial charge in [-0.3, -0.25) is 4.79 Å². The largest absolute Gasteiger partial charge is 0.481 e. The van der Waals surface area contributed by atoms with E-state index in [4.69, 9.17) is 0 Å². The smallest absolute Gasteiger partial charge is 0.453 e. The Morgan fingerprint density at radius 1 is 1.38 bits per heavy atom. The molecule has 128 valence electrons. The third-order valence-electron chi connectivity index (χ3n) is 4.60. The van der Waals surface area contributed by atoms with Crippen LogP contribution in [0.15, 0.2) is 30.3 Å². The second kappa shape index (κ2) is 5.61. The van der Waals surface area contributed by atoms with Gasteiger partial charge in [0.25, 0.3) is 5.82 Å². The van der Waals surface area contributed by atoms with Crippen LogP contribution < -0.4 is 0 Å². The van der Waals surface area contributed by atoms with E-state index in [-0.39, 0.29) is 12.4 Å². The molecule has 0 saturated heterocycles. The van der Waals surface area contributed by atoms with Crippen LogP contribution in [0.3, 0.4) is 0 Å². The van der Waals surface area contributed by atoms with Crippen molar-refractivity contribution in [1.29, 1.82) is 0 Å². The Hall–Kier alpha value is -2.38. The number of nitrogens with zero attached hydrogens (tertiary/aromatic N) is 3. The Morgan fingerprint density at radius 3 is 2.54 bits per heavy atom. The number of alkyl halides is 3. The van der Waals surface area contributed by atoms with Gasteiger partial charge in [-0.15, -0.1) is 5.10 Å². The summed E-state index contributed by atoms with van der Waals surface area (Å²) < 4.78 is 39.3. The fourth-order valence-corrected chi connectivity index (χ4v) is 3.20. The minimum absolute atomic E-state index is 0.165. The van der Waals surface area contributed by atoms with Gasteiger partial charge in [0.05, 0.1) is 5.92 Å². The lowest BCUT2D eigenvalue weighted by atomic mass is 9.89. The van der Waals surface area contributed by atoms with E-state index in [0.717, 1.165) is 5.56 Å². The van der Waals surface area contributed by atoms with Crippen LogP contribution in [0.5, 0.6) is 0 Å². The molecule has 1 saturated carbocycles. The number of hydrogen-bond donors (Lipinski definition) is 1. The average Bonchev–Trinajstić information content (AvgIpc) is 3.15. The molecule has 1 N–H and O–H groups in total. The SMILES string of the molecule is Cc1nc(C(F)(F)F)nn1CC[C@@]1(c2ccccc2)C[C@H]1C(=O)O. The van der Waals surface area contributed by atoms with Gasteiger partial charge in [0.2, 0.25) is 0 Å². The standard InChI is InChI=1S/C16H16F3N3O2/c1-10-20-14(16(17,18)19)21-22(10)8-7-15(9-12(15)13(23)24)11-5-3-2-4-6-11/h2-6,12H,7-9H2,1H3,(H,23,24)/t12-,15-/m0/s1. The summed E-state index contributed by atoms with van der Waals surface area (Å²) in [6.07, 6.45) is -3.71. The first-order valence-corrected chi connectivity index (χ1v) is 7.51. The van der Waals surface area contributed by atoms with Gasteiger partial charge in [0.15, 0.2) is 0 Å². The number of hydrogen-bond acceptors (Lipinski definition) is 3. The van der Waals surface area contributed by atoms with E-state index in [0.29, 0.717) is 12.8 Å². The van der Waals surface area contributed by atoms with E-state index in [1.807, 2.05) is 30.3 Å².